The standard InChI is InChI=1S/C23H17F3N2O6S/c24-17-8-16(9-18(25)23(17)26)15-3-2-14(20(10-15)34-12-22(30)31)5-6-28-35(32,33)21-7-13(11-27)1-4-19(21)29/h1-4,7-10,28-29H,5-6,12H2,(H,30,31). The zero-order chi connectivity index (χ0) is 25.8. The summed E-state index contributed by atoms with van der Waals surface area (Å²) in [7, 11) is -4.20. The molecular weight excluding hydrogens is 489 g/mol. The highest BCUT2D eigenvalue weighted by atomic mass is 32.2. The Morgan fingerprint density at radius 3 is 2.34 bits per heavy atom. The number of hydrogen-bond donors (Lipinski definition) is 3. The van der Waals surface area contributed by atoms with Gasteiger partial charge in [-0.2, -0.15) is 5.26 Å². The van der Waals surface area contributed by atoms with Crippen LogP contribution in [0.1, 0.15) is 11.1 Å². The summed E-state index contributed by atoms with van der Waals surface area (Å²) in [5.74, 6) is -6.29. The van der Waals surface area contributed by atoms with E-state index in [2.05, 4.69) is 4.72 Å². The summed E-state index contributed by atoms with van der Waals surface area (Å²) in [6.07, 6.45) is -0.000689. The van der Waals surface area contributed by atoms with Crippen LogP contribution in [0, 0.1) is 28.8 Å². The molecule has 3 N–H and O–H groups in total. The molecular formula is C23H17F3N2O6S. The Morgan fingerprint density at radius 1 is 1.03 bits per heavy atom. The predicted molar refractivity (Wildman–Crippen MR) is 117 cm³/mol. The minimum absolute atomic E-state index is 0.000689. The molecule has 0 aliphatic heterocycles. The molecule has 3 rings (SSSR count). The van der Waals surface area contributed by atoms with Crippen molar-refractivity contribution >= 4 is 16.0 Å². The van der Waals surface area contributed by atoms with Gasteiger partial charge >= 0.3 is 5.97 Å². The second kappa shape index (κ2) is 10.5. The van der Waals surface area contributed by atoms with Gasteiger partial charge < -0.3 is 14.9 Å². The maximum atomic E-state index is 13.6. The fourth-order valence-electron chi connectivity index (χ4n) is 3.13. The molecule has 0 saturated carbocycles. The van der Waals surface area contributed by atoms with Crippen LogP contribution in [-0.2, 0) is 21.2 Å². The number of benzene rings is 3. The maximum absolute atomic E-state index is 13.6. The number of phenols is 1. The molecule has 0 atom stereocenters. The lowest BCUT2D eigenvalue weighted by atomic mass is 10.0. The highest BCUT2D eigenvalue weighted by Gasteiger charge is 2.20. The van der Waals surface area contributed by atoms with Gasteiger partial charge in [-0.05, 0) is 59.5 Å². The van der Waals surface area contributed by atoms with Gasteiger partial charge in [0.05, 0.1) is 11.6 Å². The van der Waals surface area contributed by atoms with Gasteiger partial charge in [-0.3, -0.25) is 0 Å². The number of nitrogens with one attached hydrogen (secondary N) is 1. The summed E-state index contributed by atoms with van der Waals surface area (Å²) in [5.41, 5.74) is 0.556. The minimum Gasteiger partial charge on any atom is -0.507 e. The Labute approximate surface area is 197 Å². The molecule has 12 heteroatoms. The SMILES string of the molecule is N#Cc1ccc(O)c(S(=O)(=O)NCCc2ccc(-c3cc(F)c(F)c(F)c3)cc2OCC(=O)O)c1. The normalized spacial score (nSPS) is 11.1. The number of carboxylic acids is 1. The van der Waals surface area contributed by atoms with E-state index < -0.39 is 50.7 Å². The first kappa shape index (κ1) is 25.5. The minimum atomic E-state index is -4.20. The average molecular weight is 506 g/mol. The first-order chi connectivity index (χ1) is 16.5. The third-order valence-electron chi connectivity index (χ3n) is 4.80. The van der Waals surface area contributed by atoms with Crippen molar-refractivity contribution in [2.24, 2.45) is 0 Å². The fourth-order valence-corrected chi connectivity index (χ4v) is 4.29. The number of phenolic OH excluding ortho intramolecular Hbond substituents is 1. The Kier molecular flexibility index (Phi) is 7.63. The van der Waals surface area contributed by atoms with E-state index in [0.29, 0.717) is 5.56 Å². The Balaban J connectivity index is 1.85. The monoisotopic (exact) mass is 506 g/mol. The van der Waals surface area contributed by atoms with Gasteiger partial charge in [0.15, 0.2) is 24.1 Å². The van der Waals surface area contributed by atoms with E-state index in [1.165, 1.54) is 24.3 Å². The van der Waals surface area contributed by atoms with Gasteiger partial charge in [0, 0.05) is 6.54 Å². The zero-order valence-corrected chi connectivity index (χ0v) is 18.6. The van der Waals surface area contributed by atoms with Gasteiger partial charge in [-0.15, -0.1) is 0 Å². The van der Waals surface area contributed by atoms with Gasteiger partial charge in [0.1, 0.15) is 16.4 Å². The number of aromatic hydroxyl groups is 1. The number of rotatable bonds is 9. The van der Waals surface area contributed by atoms with Gasteiger partial charge in [-0.1, -0.05) is 12.1 Å². The second-order valence-electron chi connectivity index (χ2n) is 7.20. The molecule has 0 spiro atoms. The van der Waals surface area contributed by atoms with Crippen LogP contribution in [0.4, 0.5) is 13.2 Å². The number of hydrogen-bond acceptors (Lipinski definition) is 6. The van der Waals surface area contributed by atoms with Crippen LogP contribution >= 0.6 is 0 Å². The van der Waals surface area contributed by atoms with Crippen molar-refractivity contribution in [1.82, 2.24) is 4.72 Å². The van der Waals surface area contributed by atoms with Gasteiger partial charge in [0.25, 0.3) is 0 Å². The summed E-state index contributed by atoms with van der Waals surface area (Å²) >= 11 is 0. The highest BCUT2D eigenvalue weighted by Crippen LogP contribution is 2.30. The smallest absolute Gasteiger partial charge is 0.341 e. The molecule has 0 amide bonds. The van der Waals surface area contributed by atoms with Crippen molar-refractivity contribution in [1.29, 1.82) is 5.26 Å². The molecule has 0 aliphatic carbocycles. The molecule has 35 heavy (non-hydrogen) atoms. The molecule has 0 radical (unpaired) electrons. The van der Waals surface area contributed by atoms with Crippen LogP contribution in [0.2, 0.25) is 0 Å². The van der Waals surface area contributed by atoms with Crippen molar-refractivity contribution in [3.8, 4) is 28.7 Å². The number of carboxylic acid groups (broad SMARTS) is 1. The van der Waals surface area contributed by atoms with Crippen LogP contribution in [0.3, 0.4) is 0 Å². The lowest BCUT2D eigenvalue weighted by molar-refractivity contribution is -0.139. The number of halogens is 3. The number of carbonyl (C=O) groups is 1. The molecule has 3 aromatic rings. The van der Waals surface area contributed by atoms with Crippen molar-refractivity contribution in [3.63, 3.8) is 0 Å². The molecule has 0 fully saturated rings. The van der Waals surface area contributed by atoms with E-state index >= 15 is 0 Å². The quantitative estimate of drug-likeness (QED) is 0.379. The third kappa shape index (κ3) is 6.08. The number of nitrogens with zero attached hydrogens (tertiary/aromatic N) is 1. The zero-order valence-electron chi connectivity index (χ0n) is 17.8. The molecule has 0 unspecified atom stereocenters. The van der Waals surface area contributed by atoms with Crippen LogP contribution in [0.25, 0.3) is 11.1 Å². The third-order valence-corrected chi connectivity index (χ3v) is 6.29. The lowest BCUT2D eigenvalue weighted by Crippen LogP contribution is -2.26. The van der Waals surface area contributed by atoms with E-state index in [4.69, 9.17) is 15.1 Å². The molecule has 8 nitrogen and oxygen atoms in total. The molecule has 0 aromatic heterocycles. The topological polar surface area (TPSA) is 137 Å². The van der Waals surface area contributed by atoms with Crippen molar-refractivity contribution in [2.75, 3.05) is 13.2 Å². The summed E-state index contributed by atoms with van der Waals surface area (Å²) in [5, 5.41) is 27.7. The molecule has 182 valence electrons. The average Bonchev–Trinajstić information content (AvgIpc) is 2.81. The summed E-state index contributed by atoms with van der Waals surface area (Å²) in [6.45, 7) is -0.954. The van der Waals surface area contributed by atoms with E-state index in [9.17, 15) is 31.5 Å². The van der Waals surface area contributed by atoms with Crippen molar-refractivity contribution in [3.05, 3.63) is 77.1 Å². The van der Waals surface area contributed by atoms with Gasteiger partial charge in [0.2, 0.25) is 10.0 Å². The van der Waals surface area contributed by atoms with Crippen LogP contribution in [0.5, 0.6) is 11.5 Å². The molecule has 3 aromatic carbocycles. The first-order valence-corrected chi connectivity index (χ1v) is 11.4. The second-order valence-corrected chi connectivity index (χ2v) is 8.94. The molecule has 0 bridgehead atoms. The van der Waals surface area contributed by atoms with Crippen LogP contribution in [-0.4, -0.2) is 37.8 Å². The van der Waals surface area contributed by atoms with Gasteiger partial charge in [-0.25, -0.2) is 31.1 Å². The van der Waals surface area contributed by atoms with E-state index in [0.717, 1.165) is 24.3 Å². The largest absolute Gasteiger partial charge is 0.507 e. The van der Waals surface area contributed by atoms with Crippen LogP contribution < -0.4 is 9.46 Å². The molecule has 0 saturated heterocycles. The number of sulfonamides is 1. The number of nitriles is 1. The predicted octanol–water partition coefficient (Wildman–Crippen LogP) is 3.33. The van der Waals surface area contributed by atoms with E-state index in [1.54, 1.807) is 6.07 Å². The first-order valence-electron chi connectivity index (χ1n) is 9.87. The Bertz CT molecular complexity index is 1410. The number of aliphatic carboxylic acids is 1. The molecule has 0 aliphatic rings. The Hall–Kier alpha value is -4.08. The van der Waals surface area contributed by atoms with Crippen molar-refractivity contribution in [2.45, 2.75) is 11.3 Å². The lowest BCUT2D eigenvalue weighted by Gasteiger charge is -2.14. The highest BCUT2D eigenvalue weighted by molar-refractivity contribution is 7.89. The summed E-state index contributed by atoms with van der Waals surface area (Å²) in [4.78, 5) is 10.5. The summed E-state index contributed by atoms with van der Waals surface area (Å²) < 4.78 is 73.1. The Morgan fingerprint density at radius 2 is 1.71 bits per heavy atom. The number of ether oxygens (including phenoxy) is 1. The van der Waals surface area contributed by atoms with E-state index in [1.807, 2.05) is 0 Å². The summed E-state index contributed by atoms with van der Waals surface area (Å²) in [6, 6.07) is 10.8. The van der Waals surface area contributed by atoms with Crippen molar-refractivity contribution < 1.29 is 41.3 Å². The maximum Gasteiger partial charge on any atom is 0.341 e. The molecule has 0 heterocycles. The fraction of sp³-hybridized carbons (Fsp3) is 0.130. The van der Waals surface area contributed by atoms with E-state index in [-0.39, 0.29) is 35.4 Å². The van der Waals surface area contributed by atoms with Crippen LogP contribution in [0.15, 0.2) is 53.4 Å².